The first-order valence-corrected chi connectivity index (χ1v) is 8.65. The fourth-order valence-corrected chi connectivity index (χ4v) is 2.91. The minimum atomic E-state index is -4.56. The number of carbonyl (C=O) groups excluding carboxylic acids is 1. The predicted octanol–water partition coefficient (Wildman–Crippen LogP) is 3.65. The Bertz CT molecular complexity index is 873. The summed E-state index contributed by atoms with van der Waals surface area (Å²) >= 11 is 6.83. The number of alkyl halides is 3. The zero-order valence-corrected chi connectivity index (χ0v) is 15.2. The maximum atomic E-state index is 12.8. The van der Waals surface area contributed by atoms with Crippen molar-refractivity contribution in [3.05, 3.63) is 44.8 Å². The molecule has 1 atom stereocenters. The van der Waals surface area contributed by atoms with Gasteiger partial charge in [0.2, 0.25) is 5.91 Å². The van der Waals surface area contributed by atoms with Crippen LogP contribution in [0.25, 0.3) is 0 Å². The highest BCUT2D eigenvalue weighted by molar-refractivity contribution is 8.00. The molecule has 0 saturated heterocycles. The van der Waals surface area contributed by atoms with E-state index in [0.29, 0.717) is 6.42 Å². The van der Waals surface area contributed by atoms with Crippen LogP contribution in [0.15, 0.2) is 28.2 Å². The molecule has 2 N–H and O–H groups in total. The molecule has 140 valence electrons. The van der Waals surface area contributed by atoms with Crippen molar-refractivity contribution in [2.45, 2.75) is 36.9 Å². The highest BCUT2D eigenvalue weighted by atomic mass is 35.5. The van der Waals surface area contributed by atoms with Crippen LogP contribution in [0.4, 0.5) is 18.9 Å². The number of thioether (sulfide) groups is 1. The summed E-state index contributed by atoms with van der Waals surface area (Å²) in [5, 5.41) is 9.24. The van der Waals surface area contributed by atoms with Crippen LogP contribution in [-0.2, 0) is 11.0 Å². The van der Waals surface area contributed by atoms with Gasteiger partial charge < -0.3 is 5.32 Å². The van der Waals surface area contributed by atoms with Crippen molar-refractivity contribution >= 4 is 35.0 Å². The lowest BCUT2D eigenvalue weighted by atomic mass is 10.2. The topological polar surface area (TPSA) is 87.7 Å². The average Bonchev–Trinajstić information content (AvgIpc) is 2.56. The summed E-state index contributed by atoms with van der Waals surface area (Å²) in [5.74, 6) is -0.568. The van der Waals surface area contributed by atoms with Gasteiger partial charge in [-0.25, -0.2) is 0 Å². The lowest BCUT2D eigenvalue weighted by Crippen LogP contribution is -2.26. The summed E-state index contributed by atoms with van der Waals surface area (Å²) in [7, 11) is 0. The number of H-pyrrole nitrogens is 1. The number of rotatable bonds is 5. The van der Waals surface area contributed by atoms with Gasteiger partial charge in [-0.3, -0.25) is 14.6 Å². The summed E-state index contributed by atoms with van der Waals surface area (Å²) in [6, 6.07) is 2.67. The minimum Gasteiger partial charge on any atom is -0.324 e. The number of hydrogen-bond donors (Lipinski definition) is 2. The van der Waals surface area contributed by atoms with Crippen LogP contribution in [0.1, 0.15) is 24.6 Å². The molecule has 0 fully saturated rings. The normalized spacial score (nSPS) is 12.7. The van der Waals surface area contributed by atoms with Gasteiger partial charge in [-0.15, -0.1) is 10.2 Å². The number of nitrogens with one attached hydrogen (secondary N) is 2. The molecule has 0 aliphatic rings. The van der Waals surface area contributed by atoms with E-state index in [-0.39, 0.29) is 21.6 Å². The number of halogens is 4. The number of amides is 1. The molecule has 0 spiro atoms. The second-order valence-corrected chi connectivity index (χ2v) is 6.84. The van der Waals surface area contributed by atoms with Crippen molar-refractivity contribution in [3.8, 4) is 0 Å². The molecule has 1 aromatic carbocycles. The Morgan fingerprint density at radius 2 is 2.08 bits per heavy atom. The molecular formula is C15H14ClF3N4O2S. The Balaban J connectivity index is 2.19. The van der Waals surface area contributed by atoms with E-state index in [1.165, 1.54) is 6.92 Å². The summed E-state index contributed by atoms with van der Waals surface area (Å²) < 4.78 is 38.4. The first kappa shape index (κ1) is 20.2. The van der Waals surface area contributed by atoms with Crippen molar-refractivity contribution in [2.75, 3.05) is 5.32 Å². The number of aryl methyl sites for hydroxylation is 1. The molecule has 6 nitrogen and oxygen atoms in total. The lowest BCUT2D eigenvalue weighted by molar-refractivity contribution is -0.137. The second-order valence-electron chi connectivity index (χ2n) is 5.24. The molecule has 0 aliphatic carbocycles. The first-order chi connectivity index (χ1) is 12.1. The number of anilines is 1. The van der Waals surface area contributed by atoms with Gasteiger partial charge in [0.05, 0.1) is 21.5 Å². The van der Waals surface area contributed by atoms with Crippen LogP contribution in [0.2, 0.25) is 5.02 Å². The van der Waals surface area contributed by atoms with E-state index in [9.17, 15) is 22.8 Å². The summed E-state index contributed by atoms with van der Waals surface area (Å²) in [6.45, 7) is 3.20. The number of nitrogens with zero attached hydrogens (tertiary/aromatic N) is 2. The lowest BCUT2D eigenvalue weighted by Gasteiger charge is -2.16. The van der Waals surface area contributed by atoms with Crippen LogP contribution < -0.4 is 10.9 Å². The van der Waals surface area contributed by atoms with Crippen LogP contribution in [0, 0.1) is 6.92 Å². The fourth-order valence-electron chi connectivity index (χ4n) is 1.90. The SMILES string of the molecule is CCC(Sc1nnc(C)c(=O)[nH]1)C(=O)Nc1cc(C(F)(F)F)ccc1Cl. The van der Waals surface area contributed by atoms with E-state index in [0.717, 1.165) is 30.0 Å². The third kappa shape index (κ3) is 4.98. The minimum absolute atomic E-state index is 0.0188. The molecule has 0 saturated carbocycles. The molecule has 11 heteroatoms. The van der Waals surface area contributed by atoms with Gasteiger partial charge in [0, 0.05) is 0 Å². The Morgan fingerprint density at radius 3 is 2.65 bits per heavy atom. The smallest absolute Gasteiger partial charge is 0.324 e. The molecule has 1 heterocycles. The van der Waals surface area contributed by atoms with E-state index in [1.807, 2.05) is 0 Å². The highest BCUT2D eigenvalue weighted by Gasteiger charge is 2.31. The predicted molar refractivity (Wildman–Crippen MR) is 92.4 cm³/mol. The van der Waals surface area contributed by atoms with Crippen molar-refractivity contribution in [1.29, 1.82) is 0 Å². The number of aromatic nitrogens is 3. The van der Waals surface area contributed by atoms with Gasteiger partial charge in [-0.2, -0.15) is 13.2 Å². The Morgan fingerprint density at radius 1 is 1.38 bits per heavy atom. The van der Waals surface area contributed by atoms with Gasteiger partial charge in [-0.1, -0.05) is 30.3 Å². The Hall–Kier alpha value is -2.07. The van der Waals surface area contributed by atoms with Gasteiger partial charge >= 0.3 is 6.18 Å². The summed E-state index contributed by atoms with van der Waals surface area (Å²) in [5.41, 5.74) is -1.32. The zero-order chi connectivity index (χ0) is 19.5. The summed E-state index contributed by atoms with van der Waals surface area (Å²) in [6.07, 6.45) is -4.22. The first-order valence-electron chi connectivity index (χ1n) is 7.39. The van der Waals surface area contributed by atoms with Crippen LogP contribution in [0.5, 0.6) is 0 Å². The van der Waals surface area contributed by atoms with Crippen molar-refractivity contribution in [1.82, 2.24) is 15.2 Å². The van der Waals surface area contributed by atoms with E-state index < -0.39 is 28.5 Å². The van der Waals surface area contributed by atoms with Crippen LogP contribution in [0.3, 0.4) is 0 Å². The quantitative estimate of drug-likeness (QED) is 0.740. The number of carbonyl (C=O) groups is 1. The third-order valence-corrected chi connectivity index (χ3v) is 4.88. The molecule has 0 radical (unpaired) electrons. The van der Waals surface area contributed by atoms with E-state index in [4.69, 9.17) is 11.6 Å². The highest BCUT2D eigenvalue weighted by Crippen LogP contribution is 2.34. The molecular weight excluding hydrogens is 393 g/mol. The number of benzene rings is 1. The van der Waals surface area contributed by atoms with Gasteiger partial charge in [0.15, 0.2) is 5.16 Å². The summed E-state index contributed by atoms with van der Waals surface area (Å²) in [4.78, 5) is 26.4. The maximum absolute atomic E-state index is 12.8. The zero-order valence-electron chi connectivity index (χ0n) is 13.6. The Labute approximate surface area is 155 Å². The molecule has 26 heavy (non-hydrogen) atoms. The van der Waals surface area contributed by atoms with Gasteiger partial charge in [0.1, 0.15) is 5.69 Å². The second kappa shape index (κ2) is 8.09. The maximum Gasteiger partial charge on any atom is 0.416 e. The van der Waals surface area contributed by atoms with Crippen molar-refractivity contribution in [3.63, 3.8) is 0 Å². The third-order valence-electron chi connectivity index (χ3n) is 3.31. The molecule has 2 aromatic rings. The largest absolute Gasteiger partial charge is 0.416 e. The average molecular weight is 407 g/mol. The number of aromatic amines is 1. The molecule has 1 unspecified atom stereocenters. The van der Waals surface area contributed by atoms with Crippen LogP contribution in [-0.4, -0.2) is 26.3 Å². The van der Waals surface area contributed by atoms with E-state index in [1.54, 1.807) is 6.92 Å². The molecule has 0 aliphatic heterocycles. The monoisotopic (exact) mass is 406 g/mol. The van der Waals surface area contributed by atoms with Crippen LogP contribution >= 0.6 is 23.4 Å². The van der Waals surface area contributed by atoms with Crippen molar-refractivity contribution in [2.24, 2.45) is 0 Å². The molecule has 1 aromatic heterocycles. The number of hydrogen-bond acceptors (Lipinski definition) is 5. The Kier molecular flexibility index (Phi) is 6.30. The molecule has 1 amide bonds. The van der Waals surface area contributed by atoms with Gasteiger partial charge in [-0.05, 0) is 31.5 Å². The van der Waals surface area contributed by atoms with Crippen molar-refractivity contribution < 1.29 is 18.0 Å². The molecule has 2 rings (SSSR count). The van der Waals surface area contributed by atoms with E-state index >= 15 is 0 Å². The standard InChI is InChI=1S/C15H14ClF3N4O2S/c1-3-11(26-14-21-12(24)7(2)22-23-14)13(25)20-10-6-8(15(17,18)19)4-5-9(10)16/h4-6,11H,3H2,1-2H3,(H,20,25)(H,21,23,24). The fraction of sp³-hybridized carbons (Fsp3) is 0.333. The molecule has 0 bridgehead atoms. The van der Waals surface area contributed by atoms with Gasteiger partial charge in [0.25, 0.3) is 5.56 Å². The van der Waals surface area contributed by atoms with E-state index in [2.05, 4.69) is 20.5 Å².